The number of aromatic nitrogens is 1. The molecule has 1 aromatic carbocycles. The lowest BCUT2D eigenvalue weighted by molar-refractivity contribution is -0.522. The average Bonchev–Trinajstić information content (AvgIpc) is 2.59. The lowest BCUT2D eigenvalue weighted by Crippen LogP contribution is -2.26. The summed E-state index contributed by atoms with van der Waals surface area (Å²) < 4.78 is 5.10. The van der Waals surface area contributed by atoms with E-state index in [9.17, 15) is 14.9 Å². The van der Waals surface area contributed by atoms with E-state index < -0.39 is 12.0 Å². The molecule has 2 atom stereocenters. The summed E-state index contributed by atoms with van der Waals surface area (Å²) in [6, 6.07) is 11.2. The third-order valence-corrected chi connectivity index (χ3v) is 3.81. The molecule has 6 heteroatoms. The Hall–Kier alpha value is -2.76. The number of nitrogens with zero attached hydrogens (tertiary/aromatic N) is 2. The van der Waals surface area contributed by atoms with Gasteiger partial charge < -0.3 is 4.74 Å². The number of carbonyl (C=O) groups excluding carboxylic acids is 1. The van der Waals surface area contributed by atoms with Crippen molar-refractivity contribution in [3.05, 3.63) is 70.0 Å². The molecule has 120 valence electrons. The molecule has 23 heavy (non-hydrogen) atoms. The molecule has 0 aliphatic rings. The van der Waals surface area contributed by atoms with Crippen LogP contribution in [0.1, 0.15) is 35.3 Å². The summed E-state index contributed by atoms with van der Waals surface area (Å²) in [5, 5.41) is 11.2. The van der Waals surface area contributed by atoms with Crippen molar-refractivity contribution in [2.75, 3.05) is 7.11 Å². The van der Waals surface area contributed by atoms with Crippen LogP contribution in [-0.2, 0) is 0 Å². The van der Waals surface area contributed by atoms with E-state index in [2.05, 4.69) is 4.98 Å². The molecular formula is C17H18N2O4. The molecule has 0 unspecified atom stereocenters. The van der Waals surface area contributed by atoms with E-state index in [4.69, 9.17) is 4.74 Å². The van der Waals surface area contributed by atoms with Crippen molar-refractivity contribution in [3.8, 4) is 5.75 Å². The van der Waals surface area contributed by atoms with Crippen LogP contribution in [0.15, 0.2) is 48.7 Å². The van der Waals surface area contributed by atoms with Crippen LogP contribution in [0, 0.1) is 10.1 Å². The van der Waals surface area contributed by atoms with Crippen molar-refractivity contribution in [1.29, 1.82) is 0 Å². The number of ether oxygens (including phenoxy) is 1. The lowest BCUT2D eigenvalue weighted by Gasteiger charge is -2.18. The second-order valence-corrected chi connectivity index (χ2v) is 5.25. The summed E-state index contributed by atoms with van der Waals surface area (Å²) in [5.74, 6) is -0.0668. The lowest BCUT2D eigenvalue weighted by atomic mass is 9.87. The first-order chi connectivity index (χ1) is 11.0. The number of hydrogen-bond donors (Lipinski definition) is 0. The fraction of sp³-hybridized carbons (Fsp3) is 0.294. The fourth-order valence-corrected chi connectivity index (χ4v) is 2.40. The molecule has 0 radical (unpaired) electrons. The zero-order chi connectivity index (χ0) is 16.8. The van der Waals surface area contributed by atoms with Gasteiger partial charge in [0.1, 0.15) is 11.4 Å². The highest BCUT2D eigenvalue weighted by Crippen LogP contribution is 2.28. The van der Waals surface area contributed by atoms with Crippen molar-refractivity contribution in [2.24, 2.45) is 0 Å². The van der Waals surface area contributed by atoms with E-state index in [1.807, 2.05) is 0 Å². The number of Topliss-reactive ketones (excluding diaryl/α,β-unsaturated/α-hetero) is 1. The molecule has 0 aliphatic heterocycles. The van der Waals surface area contributed by atoms with Crippen LogP contribution in [0.3, 0.4) is 0 Å². The van der Waals surface area contributed by atoms with Gasteiger partial charge in [-0.1, -0.05) is 18.2 Å². The van der Waals surface area contributed by atoms with E-state index in [-0.39, 0.29) is 17.1 Å². The second kappa shape index (κ2) is 7.49. The standard InChI is InChI=1S/C17H18N2O4/c1-12(19(21)22)15(13-6-8-14(23-2)9-7-13)11-17(20)16-5-3-4-10-18-16/h3-10,12,15H,11H2,1-2H3/t12-,15+/m0/s1. The van der Waals surface area contributed by atoms with Crippen LogP contribution >= 0.6 is 0 Å². The minimum atomic E-state index is -0.879. The maximum absolute atomic E-state index is 12.4. The largest absolute Gasteiger partial charge is 0.497 e. The topological polar surface area (TPSA) is 82.3 Å². The summed E-state index contributed by atoms with van der Waals surface area (Å²) in [6.45, 7) is 1.51. The first-order valence-corrected chi connectivity index (χ1v) is 7.24. The number of carbonyl (C=O) groups is 1. The first-order valence-electron chi connectivity index (χ1n) is 7.24. The molecule has 0 N–H and O–H groups in total. The number of benzene rings is 1. The Morgan fingerprint density at radius 3 is 2.48 bits per heavy atom. The van der Waals surface area contributed by atoms with Gasteiger partial charge in [-0.25, -0.2) is 0 Å². The van der Waals surface area contributed by atoms with Gasteiger partial charge >= 0.3 is 0 Å². The molecule has 2 aromatic rings. The molecule has 0 saturated heterocycles. The third kappa shape index (κ3) is 4.12. The number of nitro groups is 1. The van der Waals surface area contributed by atoms with Gasteiger partial charge in [-0.3, -0.25) is 19.9 Å². The van der Waals surface area contributed by atoms with E-state index in [0.29, 0.717) is 11.4 Å². The van der Waals surface area contributed by atoms with Crippen molar-refractivity contribution >= 4 is 5.78 Å². The normalized spacial score (nSPS) is 13.1. The van der Waals surface area contributed by atoms with Gasteiger partial charge in [0.25, 0.3) is 0 Å². The quantitative estimate of drug-likeness (QED) is 0.445. The van der Waals surface area contributed by atoms with Gasteiger partial charge in [0.15, 0.2) is 5.78 Å². The second-order valence-electron chi connectivity index (χ2n) is 5.25. The minimum Gasteiger partial charge on any atom is -0.497 e. The zero-order valence-corrected chi connectivity index (χ0v) is 13.0. The minimum absolute atomic E-state index is 0.0332. The summed E-state index contributed by atoms with van der Waals surface area (Å²) >= 11 is 0. The summed E-state index contributed by atoms with van der Waals surface area (Å²) in [6.07, 6.45) is 1.57. The molecule has 0 fully saturated rings. The number of ketones is 1. The van der Waals surface area contributed by atoms with Crippen LogP contribution in [0.25, 0.3) is 0 Å². The SMILES string of the molecule is COc1ccc([C@H](CC(=O)c2ccccn2)[C@H](C)[N+](=O)[O-])cc1. The summed E-state index contributed by atoms with van der Waals surface area (Å²) in [5.41, 5.74) is 1.06. The van der Waals surface area contributed by atoms with Gasteiger partial charge in [0.2, 0.25) is 6.04 Å². The molecule has 2 rings (SSSR count). The molecular weight excluding hydrogens is 296 g/mol. The molecule has 0 amide bonds. The Bertz CT molecular complexity index is 671. The van der Waals surface area contributed by atoms with Crippen molar-refractivity contribution in [2.45, 2.75) is 25.3 Å². The Morgan fingerprint density at radius 2 is 1.96 bits per heavy atom. The summed E-state index contributed by atoms with van der Waals surface area (Å²) in [4.78, 5) is 27.2. The average molecular weight is 314 g/mol. The smallest absolute Gasteiger partial charge is 0.217 e. The van der Waals surface area contributed by atoms with E-state index >= 15 is 0 Å². The maximum Gasteiger partial charge on any atom is 0.217 e. The van der Waals surface area contributed by atoms with Gasteiger partial charge in [-0.05, 0) is 29.8 Å². The molecule has 6 nitrogen and oxygen atoms in total. The van der Waals surface area contributed by atoms with Gasteiger partial charge in [0.05, 0.1) is 13.0 Å². The van der Waals surface area contributed by atoms with Crippen LogP contribution in [0.4, 0.5) is 0 Å². The van der Waals surface area contributed by atoms with Crippen molar-refractivity contribution < 1.29 is 14.5 Å². The Morgan fingerprint density at radius 1 is 1.26 bits per heavy atom. The van der Waals surface area contributed by atoms with Gasteiger partial charge in [-0.2, -0.15) is 0 Å². The molecule has 0 saturated carbocycles. The predicted molar refractivity (Wildman–Crippen MR) is 85.4 cm³/mol. The Labute approximate surface area is 134 Å². The maximum atomic E-state index is 12.4. The highest BCUT2D eigenvalue weighted by Gasteiger charge is 2.31. The van der Waals surface area contributed by atoms with Crippen LogP contribution in [0.2, 0.25) is 0 Å². The monoisotopic (exact) mass is 314 g/mol. The molecule has 1 aromatic heterocycles. The molecule has 0 spiro atoms. The highest BCUT2D eigenvalue weighted by molar-refractivity contribution is 5.94. The van der Waals surface area contributed by atoms with E-state index in [1.54, 1.807) is 49.6 Å². The van der Waals surface area contributed by atoms with Crippen LogP contribution in [0.5, 0.6) is 5.75 Å². The van der Waals surface area contributed by atoms with Crippen molar-refractivity contribution in [3.63, 3.8) is 0 Å². The predicted octanol–water partition coefficient (Wildman–Crippen LogP) is 3.11. The third-order valence-electron chi connectivity index (χ3n) is 3.81. The molecule has 0 aliphatic carbocycles. The van der Waals surface area contributed by atoms with Crippen LogP contribution in [-0.4, -0.2) is 28.8 Å². The number of rotatable bonds is 7. The zero-order valence-electron chi connectivity index (χ0n) is 13.0. The van der Waals surface area contributed by atoms with E-state index in [1.165, 1.54) is 13.1 Å². The highest BCUT2D eigenvalue weighted by atomic mass is 16.6. The molecule has 0 bridgehead atoms. The number of methoxy groups -OCH3 is 1. The van der Waals surface area contributed by atoms with Gasteiger partial charge in [0, 0.05) is 24.5 Å². The van der Waals surface area contributed by atoms with Crippen LogP contribution < -0.4 is 4.74 Å². The number of hydrogen-bond acceptors (Lipinski definition) is 5. The first kappa shape index (κ1) is 16.6. The molecule has 1 heterocycles. The Kier molecular flexibility index (Phi) is 5.41. The summed E-state index contributed by atoms with van der Waals surface area (Å²) in [7, 11) is 1.55. The van der Waals surface area contributed by atoms with E-state index in [0.717, 1.165) is 5.56 Å². The number of pyridine rings is 1. The van der Waals surface area contributed by atoms with Gasteiger partial charge in [-0.15, -0.1) is 0 Å². The van der Waals surface area contributed by atoms with Crippen molar-refractivity contribution in [1.82, 2.24) is 4.98 Å². The Balaban J connectivity index is 2.27. The fourth-order valence-electron chi connectivity index (χ4n) is 2.40.